The Labute approximate surface area is 199 Å². The van der Waals surface area contributed by atoms with Gasteiger partial charge in [-0.15, -0.1) is 0 Å². The maximum atomic E-state index is 13.1. The molecule has 1 atom stereocenters. The predicted octanol–water partition coefficient (Wildman–Crippen LogP) is 3.59. The molecule has 1 aliphatic rings. The molecule has 2 aromatic rings. The Hall–Kier alpha value is -3.88. The molecule has 1 heterocycles. The fraction of sp³-hybridized carbons (Fsp3) is 0.385. The van der Waals surface area contributed by atoms with Gasteiger partial charge in [0, 0.05) is 19.6 Å². The molecule has 1 saturated heterocycles. The van der Waals surface area contributed by atoms with Crippen LogP contribution in [0.4, 0.5) is 4.79 Å². The topological polar surface area (TPSA) is 107 Å². The number of carbonyl (C=O) groups is 2. The molecule has 0 spiro atoms. The number of hydrogen-bond donors (Lipinski definition) is 0. The van der Waals surface area contributed by atoms with E-state index in [9.17, 15) is 9.59 Å². The minimum atomic E-state index is -0.671. The second kappa shape index (κ2) is 10.8. The third kappa shape index (κ3) is 6.81. The van der Waals surface area contributed by atoms with Gasteiger partial charge in [-0.2, -0.15) is 10.5 Å². The molecule has 0 bridgehead atoms. The molecule has 0 N–H and O–H groups in total. The van der Waals surface area contributed by atoms with E-state index < -0.39 is 23.7 Å². The van der Waals surface area contributed by atoms with E-state index in [1.807, 2.05) is 17.0 Å². The van der Waals surface area contributed by atoms with E-state index in [4.69, 9.17) is 20.0 Å². The smallest absolute Gasteiger partial charge is 0.410 e. The number of rotatable bonds is 5. The van der Waals surface area contributed by atoms with Gasteiger partial charge in [-0.1, -0.05) is 24.3 Å². The first kappa shape index (κ1) is 24.8. The number of nitrogens with zero attached hydrogens (tertiary/aromatic N) is 4. The molecule has 2 aromatic carbocycles. The van der Waals surface area contributed by atoms with Crippen molar-refractivity contribution in [2.24, 2.45) is 0 Å². The van der Waals surface area contributed by atoms with Crippen LogP contribution >= 0.6 is 0 Å². The van der Waals surface area contributed by atoms with Gasteiger partial charge in [0.2, 0.25) is 0 Å². The zero-order chi connectivity index (χ0) is 24.7. The second-order valence-corrected chi connectivity index (χ2v) is 9.14. The lowest BCUT2D eigenvalue weighted by Gasteiger charge is -2.40. The van der Waals surface area contributed by atoms with Gasteiger partial charge in [0.15, 0.2) is 0 Å². The Kier molecular flexibility index (Phi) is 7.88. The molecular weight excluding hydrogens is 432 g/mol. The van der Waals surface area contributed by atoms with Crippen molar-refractivity contribution in [3.63, 3.8) is 0 Å². The summed E-state index contributed by atoms with van der Waals surface area (Å²) in [5, 5.41) is 18.0. The zero-order valence-corrected chi connectivity index (χ0v) is 19.7. The summed E-state index contributed by atoms with van der Waals surface area (Å²) in [6.45, 7) is 6.99. The van der Waals surface area contributed by atoms with Gasteiger partial charge in [0.25, 0.3) is 0 Å². The molecule has 0 saturated carbocycles. The first-order valence-corrected chi connectivity index (χ1v) is 11.0. The van der Waals surface area contributed by atoms with E-state index in [1.54, 1.807) is 57.2 Å². The molecule has 0 aliphatic carbocycles. The number of benzene rings is 2. The summed E-state index contributed by atoms with van der Waals surface area (Å²) < 4.78 is 11.1. The Morgan fingerprint density at radius 1 is 0.941 bits per heavy atom. The minimum Gasteiger partial charge on any atom is -0.460 e. The van der Waals surface area contributed by atoms with Crippen LogP contribution in [0.1, 0.15) is 43.0 Å². The van der Waals surface area contributed by atoms with Crippen molar-refractivity contribution in [2.45, 2.75) is 45.6 Å². The van der Waals surface area contributed by atoms with Crippen molar-refractivity contribution in [3.05, 3.63) is 70.8 Å². The number of hydrogen-bond acceptors (Lipinski definition) is 7. The van der Waals surface area contributed by atoms with E-state index in [0.717, 1.165) is 11.1 Å². The average Bonchev–Trinajstić information content (AvgIpc) is 2.82. The summed E-state index contributed by atoms with van der Waals surface area (Å²) in [6.07, 6.45) is -0.463. The quantitative estimate of drug-likeness (QED) is 0.628. The first-order chi connectivity index (χ1) is 16.2. The highest BCUT2D eigenvalue weighted by Gasteiger charge is 2.37. The zero-order valence-electron chi connectivity index (χ0n) is 19.7. The Bertz CT molecular complexity index is 1090. The molecule has 1 aliphatic heterocycles. The van der Waals surface area contributed by atoms with Crippen LogP contribution in [-0.4, -0.2) is 53.1 Å². The maximum absolute atomic E-state index is 13.1. The number of piperazine rings is 1. The highest BCUT2D eigenvalue weighted by Crippen LogP contribution is 2.19. The van der Waals surface area contributed by atoms with Crippen LogP contribution in [0.5, 0.6) is 0 Å². The van der Waals surface area contributed by atoms with E-state index in [0.29, 0.717) is 30.8 Å². The largest absolute Gasteiger partial charge is 0.460 e. The summed E-state index contributed by atoms with van der Waals surface area (Å²) in [7, 11) is 0. The molecule has 0 radical (unpaired) electrons. The van der Waals surface area contributed by atoms with Crippen molar-refractivity contribution in [2.75, 3.05) is 19.6 Å². The van der Waals surface area contributed by atoms with Crippen LogP contribution in [0, 0.1) is 22.7 Å². The van der Waals surface area contributed by atoms with Gasteiger partial charge < -0.3 is 14.4 Å². The third-order valence-corrected chi connectivity index (χ3v) is 5.35. The highest BCUT2D eigenvalue weighted by atomic mass is 16.6. The van der Waals surface area contributed by atoms with Crippen molar-refractivity contribution in [3.8, 4) is 12.1 Å². The average molecular weight is 461 g/mol. The predicted molar refractivity (Wildman–Crippen MR) is 124 cm³/mol. The lowest BCUT2D eigenvalue weighted by Crippen LogP contribution is -2.58. The van der Waals surface area contributed by atoms with Crippen molar-refractivity contribution in [1.29, 1.82) is 10.5 Å². The monoisotopic (exact) mass is 460 g/mol. The molecule has 176 valence electrons. The van der Waals surface area contributed by atoms with Gasteiger partial charge >= 0.3 is 12.1 Å². The SMILES string of the molecule is CC(C)(C)OC(=O)N1CCN(Cc2ccc(C#N)cc2)[C@@H](C(=O)OCc2ccc(C#N)cc2)C1. The molecule has 0 unspecified atom stereocenters. The Balaban J connectivity index is 1.72. The number of ether oxygens (including phenoxy) is 2. The standard InChI is InChI=1S/C26H28N4O4/c1-26(2,3)34-25(32)30-13-12-29(16-21-8-4-19(14-27)5-9-21)23(17-30)24(31)33-18-22-10-6-20(15-28)7-11-22/h4-11,23H,12-13,16-18H2,1-3H3/t23-/m1/s1. The van der Waals surface area contributed by atoms with Crippen molar-refractivity contribution in [1.82, 2.24) is 9.80 Å². The van der Waals surface area contributed by atoms with Crippen LogP contribution < -0.4 is 0 Å². The molecule has 3 rings (SSSR count). The van der Waals surface area contributed by atoms with E-state index in [-0.39, 0.29) is 13.2 Å². The van der Waals surface area contributed by atoms with E-state index >= 15 is 0 Å². The third-order valence-electron chi connectivity index (χ3n) is 5.35. The summed E-state index contributed by atoms with van der Waals surface area (Å²) in [5.41, 5.74) is 2.18. The first-order valence-electron chi connectivity index (χ1n) is 11.0. The summed E-state index contributed by atoms with van der Waals surface area (Å²) in [5.74, 6) is -0.439. The second-order valence-electron chi connectivity index (χ2n) is 9.14. The van der Waals surface area contributed by atoms with Crippen molar-refractivity contribution < 1.29 is 19.1 Å². The van der Waals surface area contributed by atoms with Crippen molar-refractivity contribution >= 4 is 12.1 Å². The highest BCUT2D eigenvalue weighted by molar-refractivity contribution is 5.78. The van der Waals surface area contributed by atoms with Gasteiger partial charge in [0.05, 0.1) is 29.8 Å². The maximum Gasteiger partial charge on any atom is 0.410 e. The number of esters is 1. The fourth-order valence-electron chi connectivity index (χ4n) is 3.57. The molecule has 8 nitrogen and oxygen atoms in total. The molecule has 0 aromatic heterocycles. The lowest BCUT2D eigenvalue weighted by molar-refractivity contribution is -0.154. The Morgan fingerprint density at radius 3 is 2.03 bits per heavy atom. The van der Waals surface area contributed by atoms with Crippen LogP contribution in [0.2, 0.25) is 0 Å². The van der Waals surface area contributed by atoms with Crippen LogP contribution in [0.3, 0.4) is 0 Å². The van der Waals surface area contributed by atoms with Crippen LogP contribution in [0.15, 0.2) is 48.5 Å². The minimum absolute atomic E-state index is 0.0676. The summed E-state index contributed by atoms with van der Waals surface area (Å²) in [6, 6.07) is 17.5. The van der Waals surface area contributed by atoms with Gasteiger partial charge in [0.1, 0.15) is 18.2 Å². The van der Waals surface area contributed by atoms with Gasteiger partial charge in [-0.05, 0) is 56.2 Å². The van der Waals surface area contributed by atoms with Gasteiger partial charge in [-0.3, -0.25) is 9.69 Å². The van der Waals surface area contributed by atoms with E-state index in [1.165, 1.54) is 4.90 Å². The van der Waals surface area contributed by atoms with Gasteiger partial charge in [-0.25, -0.2) is 4.79 Å². The van der Waals surface area contributed by atoms with Crippen LogP contribution in [0.25, 0.3) is 0 Å². The number of nitriles is 2. The number of carbonyl (C=O) groups excluding carboxylic acids is 2. The lowest BCUT2D eigenvalue weighted by atomic mass is 10.1. The summed E-state index contributed by atoms with van der Waals surface area (Å²) in [4.78, 5) is 29.3. The molecule has 34 heavy (non-hydrogen) atoms. The fourth-order valence-corrected chi connectivity index (χ4v) is 3.57. The normalized spacial score (nSPS) is 16.3. The number of amides is 1. The Morgan fingerprint density at radius 2 is 1.50 bits per heavy atom. The molecule has 1 fully saturated rings. The molecular formula is C26H28N4O4. The molecule has 8 heteroatoms. The summed E-state index contributed by atoms with van der Waals surface area (Å²) >= 11 is 0. The van der Waals surface area contributed by atoms with E-state index in [2.05, 4.69) is 12.1 Å². The molecule has 1 amide bonds. The van der Waals surface area contributed by atoms with Crippen LogP contribution in [-0.2, 0) is 27.4 Å².